The molecule has 1 N–H and O–H groups in total. The van der Waals surface area contributed by atoms with Crippen molar-refractivity contribution in [3.63, 3.8) is 0 Å². The van der Waals surface area contributed by atoms with Gasteiger partial charge in [0.25, 0.3) is 0 Å². The first-order valence-electron chi connectivity index (χ1n) is 5.07. The fourth-order valence-corrected chi connectivity index (χ4v) is 2.40. The highest BCUT2D eigenvalue weighted by atomic mass is 35.5. The minimum atomic E-state index is -0.105. The molecule has 0 saturated carbocycles. The van der Waals surface area contributed by atoms with Crippen molar-refractivity contribution in [1.82, 2.24) is 5.32 Å². The molecule has 5 heteroatoms. The van der Waals surface area contributed by atoms with Crippen LogP contribution in [0.2, 0.25) is 10.0 Å². The molecular weight excluding hydrogens is 247 g/mol. The van der Waals surface area contributed by atoms with Crippen LogP contribution >= 0.6 is 23.2 Å². The van der Waals surface area contributed by atoms with E-state index in [2.05, 4.69) is 5.32 Å². The molecule has 0 bridgehead atoms. The molecular formula is C11H12Cl2N2O. The lowest BCUT2D eigenvalue weighted by molar-refractivity contribution is -0.118. The second-order valence-electron chi connectivity index (χ2n) is 3.72. The minimum absolute atomic E-state index is 0.0618. The summed E-state index contributed by atoms with van der Waals surface area (Å²) in [7, 11) is 1.79. The van der Waals surface area contributed by atoms with E-state index < -0.39 is 0 Å². The Kier molecular flexibility index (Phi) is 3.38. The van der Waals surface area contributed by atoms with Crippen molar-refractivity contribution in [3.05, 3.63) is 28.2 Å². The van der Waals surface area contributed by atoms with Gasteiger partial charge >= 0.3 is 0 Å². The third kappa shape index (κ3) is 2.03. The smallest absolute Gasteiger partial charge is 0.244 e. The van der Waals surface area contributed by atoms with E-state index in [1.165, 1.54) is 0 Å². The Morgan fingerprint density at radius 2 is 2.19 bits per heavy atom. The molecule has 0 aliphatic carbocycles. The first-order valence-corrected chi connectivity index (χ1v) is 5.83. The van der Waals surface area contributed by atoms with Crippen molar-refractivity contribution in [3.8, 4) is 0 Å². The van der Waals surface area contributed by atoms with Crippen LogP contribution in [0.25, 0.3) is 0 Å². The Morgan fingerprint density at radius 3 is 2.75 bits per heavy atom. The summed E-state index contributed by atoms with van der Waals surface area (Å²) in [6, 6.07) is 5.06. The van der Waals surface area contributed by atoms with E-state index in [1.54, 1.807) is 30.1 Å². The molecule has 0 aromatic heterocycles. The number of nitrogens with zero attached hydrogens (tertiary/aromatic N) is 1. The van der Waals surface area contributed by atoms with Crippen LogP contribution in [0, 0.1) is 0 Å². The van der Waals surface area contributed by atoms with Crippen LogP contribution in [-0.4, -0.2) is 25.5 Å². The van der Waals surface area contributed by atoms with Gasteiger partial charge in [-0.1, -0.05) is 23.2 Å². The summed E-state index contributed by atoms with van der Waals surface area (Å²) < 4.78 is 0. The topological polar surface area (TPSA) is 32.3 Å². The highest BCUT2D eigenvalue weighted by molar-refractivity contribution is 6.36. The standard InChI is InChI=1S/C11H12Cl2N2O/c1-14-9-4-5-15(11(9)16)10-3-2-7(12)6-8(10)13/h2-3,6,9,14H,4-5H2,1H3. The summed E-state index contributed by atoms with van der Waals surface area (Å²) in [5.74, 6) is 0.0618. The molecule has 1 amide bonds. The van der Waals surface area contributed by atoms with Crippen LogP contribution in [-0.2, 0) is 4.79 Å². The van der Waals surface area contributed by atoms with Crippen molar-refractivity contribution < 1.29 is 4.79 Å². The zero-order valence-electron chi connectivity index (χ0n) is 8.84. The van der Waals surface area contributed by atoms with E-state index in [4.69, 9.17) is 23.2 Å². The second-order valence-corrected chi connectivity index (χ2v) is 4.56. The molecule has 1 unspecified atom stereocenters. The number of likely N-dealkylation sites (N-methyl/N-ethyl adjacent to an activating group) is 1. The SMILES string of the molecule is CNC1CCN(c2ccc(Cl)cc2Cl)C1=O. The molecule has 1 saturated heterocycles. The fraction of sp³-hybridized carbons (Fsp3) is 0.364. The molecule has 0 spiro atoms. The van der Waals surface area contributed by atoms with E-state index in [-0.39, 0.29) is 11.9 Å². The number of benzene rings is 1. The summed E-state index contributed by atoms with van der Waals surface area (Å²) in [6.45, 7) is 0.686. The summed E-state index contributed by atoms with van der Waals surface area (Å²) in [6.07, 6.45) is 0.800. The van der Waals surface area contributed by atoms with Crippen molar-refractivity contribution in [2.45, 2.75) is 12.5 Å². The number of carbonyl (C=O) groups excluding carboxylic acids is 1. The average molecular weight is 259 g/mol. The number of carbonyl (C=O) groups is 1. The van der Waals surface area contributed by atoms with Crippen molar-refractivity contribution in [2.24, 2.45) is 0 Å². The van der Waals surface area contributed by atoms with Gasteiger partial charge in [-0.3, -0.25) is 4.79 Å². The van der Waals surface area contributed by atoms with Gasteiger partial charge in [0, 0.05) is 11.6 Å². The quantitative estimate of drug-likeness (QED) is 0.883. The molecule has 1 atom stereocenters. The van der Waals surface area contributed by atoms with Gasteiger partial charge in [0.1, 0.15) is 0 Å². The molecule has 2 rings (SSSR count). The van der Waals surface area contributed by atoms with Crippen LogP contribution < -0.4 is 10.2 Å². The normalized spacial score (nSPS) is 20.6. The number of hydrogen-bond donors (Lipinski definition) is 1. The minimum Gasteiger partial charge on any atom is -0.310 e. The molecule has 3 nitrogen and oxygen atoms in total. The average Bonchev–Trinajstić information content (AvgIpc) is 2.60. The van der Waals surface area contributed by atoms with E-state index in [9.17, 15) is 4.79 Å². The Bertz CT molecular complexity index is 422. The molecule has 86 valence electrons. The van der Waals surface area contributed by atoms with Gasteiger partial charge in [0.2, 0.25) is 5.91 Å². The lowest BCUT2D eigenvalue weighted by atomic mass is 10.2. The van der Waals surface area contributed by atoms with E-state index in [0.29, 0.717) is 16.6 Å². The number of halogens is 2. The molecule has 16 heavy (non-hydrogen) atoms. The number of rotatable bonds is 2. The van der Waals surface area contributed by atoms with Crippen LogP contribution in [0.1, 0.15) is 6.42 Å². The van der Waals surface area contributed by atoms with E-state index in [0.717, 1.165) is 12.1 Å². The van der Waals surface area contributed by atoms with Gasteiger partial charge in [0.15, 0.2) is 0 Å². The van der Waals surface area contributed by atoms with Gasteiger partial charge in [-0.2, -0.15) is 0 Å². The third-order valence-electron chi connectivity index (χ3n) is 2.75. The Morgan fingerprint density at radius 1 is 1.44 bits per heavy atom. The maximum atomic E-state index is 11.9. The zero-order chi connectivity index (χ0) is 11.7. The van der Waals surface area contributed by atoms with Crippen LogP contribution in [0.4, 0.5) is 5.69 Å². The highest BCUT2D eigenvalue weighted by Crippen LogP contribution is 2.31. The van der Waals surface area contributed by atoms with Crippen molar-refractivity contribution >= 4 is 34.8 Å². The zero-order valence-corrected chi connectivity index (χ0v) is 10.3. The predicted molar refractivity (Wildman–Crippen MR) is 66.3 cm³/mol. The Labute approximate surface area is 104 Å². The predicted octanol–water partition coefficient (Wildman–Crippen LogP) is 2.32. The molecule has 1 aromatic carbocycles. The fourth-order valence-electron chi connectivity index (χ4n) is 1.89. The lowest BCUT2D eigenvalue weighted by Gasteiger charge is -2.18. The third-order valence-corrected chi connectivity index (χ3v) is 3.29. The number of hydrogen-bond acceptors (Lipinski definition) is 2. The largest absolute Gasteiger partial charge is 0.310 e. The van der Waals surface area contributed by atoms with Gasteiger partial charge in [-0.25, -0.2) is 0 Å². The van der Waals surface area contributed by atoms with Crippen LogP contribution in [0.3, 0.4) is 0 Å². The summed E-state index contributed by atoms with van der Waals surface area (Å²) in [5.41, 5.74) is 0.730. The van der Waals surface area contributed by atoms with Crippen LogP contribution in [0.15, 0.2) is 18.2 Å². The molecule has 1 aliphatic rings. The Hall–Kier alpha value is -0.770. The maximum absolute atomic E-state index is 11.9. The highest BCUT2D eigenvalue weighted by Gasteiger charge is 2.32. The molecule has 0 radical (unpaired) electrons. The molecule has 1 aliphatic heterocycles. The summed E-state index contributed by atoms with van der Waals surface area (Å²) >= 11 is 11.9. The number of amides is 1. The molecule has 1 heterocycles. The number of nitrogens with one attached hydrogen (secondary N) is 1. The van der Waals surface area contributed by atoms with E-state index >= 15 is 0 Å². The first-order chi connectivity index (χ1) is 7.63. The summed E-state index contributed by atoms with van der Waals surface area (Å²) in [4.78, 5) is 13.6. The van der Waals surface area contributed by atoms with Crippen molar-refractivity contribution in [1.29, 1.82) is 0 Å². The molecule has 1 aromatic rings. The van der Waals surface area contributed by atoms with Gasteiger partial charge in [-0.15, -0.1) is 0 Å². The first kappa shape index (κ1) is 11.7. The Balaban J connectivity index is 2.29. The van der Waals surface area contributed by atoms with Gasteiger partial charge in [-0.05, 0) is 31.7 Å². The van der Waals surface area contributed by atoms with Crippen LogP contribution in [0.5, 0.6) is 0 Å². The monoisotopic (exact) mass is 258 g/mol. The van der Waals surface area contributed by atoms with Crippen molar-refractivity contribution in [2.75, 3.05) is 18.5 Å². The number of anilines is 1. The second kappa shape index (κ2) is 4.62. The summed E-state index contributed by atoms with van der Waals surface area (Å²) in [5, 5.41) is 4.07. The van der Waals surface area contributed by atoms with Gasteiger partial charge in [0.05, 0.1) is 16.8 Å². The maximum Gasteiger partial charge on any atom is 0.244 e. The van der Waals surface area contributed by atoms with E-state index in [1.807, 2.05) is 0 Å². The molecule has 1 fully saturated rings. The van der Waals surface area contributed by atoms with Gasteiger partial charge < -0.3 is 10.2 Å². The lowest BCUT2D eigenvalue weighted by Crippen LogP contribution is -2.36.